The number of benzene rings is 1. The Morgan fingerprint density at radius 3 is 2.58 bits per heavy atom. The molecule has 106 valence electrons. The Labute approximate surface area is 120 Å². The largest absolute Gasteiger partial charge is 0.495 e. The first-order valence-electron chi connectivity index (χ1n) is 6.79. The monoisotopic (exact) mass is 283 g/mol. The summed E-state index contributed by atoms with van der Waals surface area (Å²) in [7, 11) is 3.36. The number of hydrogen-bond acceptors (Lipinski definition) is 3. The third kappa shape index (κ3) is 3.85. The van der Waals surface area contributed by atoms with Gasteiger partial charge in [-0.25, -0.2) is 0 Å². The summed E-state index contributed by atoms with van der Waals surface area (Å²) < 4.78 is 10.6. The van der Waals surface area contributed by atoms with Gasteiger partial charge in [0.15, 0.2) is 0 Å². The van der Waals surface area contributed by atoms with Crippen molar-refractivity contribution in [3.63, 3.8) is 0 Å². The number of halogens is 1. The summed E-state index contributed by atoms with van der Waals surface area (Å²) in [5.41, 5.74) is 2.47. The number of methoxy groups -OCH3 is 2. The molecule has 0 atom stereocenters. The Hall–Kier alpha value is -0.770. The van der Waals surface area contributed by atoms with E-state index >= 15 is 0 Å². The molecule has 0 aliphatic carbocycles. The fraction of sp³-hybridized carbons (Fsp3) is 0.600. The molecule has 1 N–H and O–H groups in total. The molecule has 0 bridgehead atoms. The molecule has 1 aliphatic heterocycles. The highest BCUT2D eigenvalue weighted by atomic mass is 35.5. The van der Waals surface area contributed by atoms with Gasteiger partial charge in [-0.2, -0.15) is 0 Å². The lowest BCUT2D eigenvalue weighted by Gasteiger charge is -2.24. The first-order valence-corrected chi connectivity index (χ1v) is 7.17. The maximum Gasteiger partial charge on any atom is 0.137 e. The van der Waals surface area contributed by atoms with Gasteiger partial charge >= 0.3 is 0 Å². The van der Waals surface area contributed by atoms with Gasteiger partial charge in [0.05, 0.1) is 18.7 Å². The lowest BCUT2D eigenvalue weighted by Crippen LogP contribution is -2.28. The van der Waals surface area contributed by atoms with E-state index in [1.165, 1.54) is 24.0 Å². The van der Waals surface area contributed by atoms with Gasteiger partial charge in [-0.3, -0.25) is 0 Å². The second-order valence-electron chi connectivity index (χ2n) is 5.09. The fourth-order valence-electron chi connectivity index (χ4n) is 2.67. The van der Waals surface area contributed by atoms with E-state index in [1.54, 1.807) is 14.2 Å². The van der Waals surface area contributed by atoms with Crippen LogP contribution in [-0.2, 0) is 17.8 Å². The summed E-state index contributed by atoms with van der Waals surface area (Å²) in [6.45, 7) is 2.84. The highest BCUT2D eigenvalue weighted by Gasteiger charge is 2.17. The molecule has 19 heavy (non-hydrogen) atoms. The molecule has 0 aromatic heterocycles. The predicted octanol–water partition coefficient (Wildman–Crippen LogP) is 3.04. The molecule has 0 radical (unpaired) electrons. The number of piperidine rings is 1. The first kappa shape index (κ1) is 14.6. The molecular formula is C15H22ClNO2. The molecule has 3 nitrogen and oxygen atoms in total. The van der Waals surface area contributed by atoms with Crippen molar-refractivity contribution in [2.24, 2.45) is 5.92 Å². The van der Waals surface area contributed by atoms with Gasteiger partial charge in [0.1, 0.15) is 5.75 Å². The van der Waals surface area contributed by atoms with Crippen molar-refractivity contribution < 1.29 is 9.47 Å². The summed E-state index contributed by atoms with van der Waals surface area (Å²) in [4.78, 5) is 0. The molecule has 0 amide bonds. The highest BCUT2D eigenvalue weighted by Crippen LogP contribution is 2.31. The van der Waals surface area contributed by atoms with Crippen molar-refractivity contribution in [2.45, 2.75) is 25.9 Å². The van der Waals surface area contributed by atoms with E-state index in [9.17, 15) is 0 Å². The second-order valence-corrected chi connectivity index (χ2v) is 5.49. The van der Waals surface area contributed by atoms with Crippen LogP contribution in [0.15, 0.2) is 12.1 Å². The number of rotatable bonds is 5. The van der Waals surface area contributed by atoms with Gasteiger partial charge in [0.25, 0.3) is 0 Å². The summed E-state index contributed by atoms with van der Waals surface area (Å²) in [5.74, 6) is 1.46. The average Bonchev–Trinajstić information content (AvgIpc) is 2.43. The van der Waals surface area contributed by atoms with E-state index in [4.69, 9.17) is 21.1 Å². The molecule has 1 aromatic carbocycles. The van der Waals surface area contributed by atoms with Crippen molar-refractivity contribution in [3.8, 4) is 5.75 Å². The molecule has 0 unspecified atom stereocenters. The molecular weight excluding hydrogens is 262 g/mol. The molecule has 0 spiro atoms. The minimum absolute atomic E-state index is 0.605. The third-order valence-electron chi connectivity index (χ3n) is 3.74. The summed E-state index contributed by atoms with van der Waals surface area (Å²) in [5, 5.41) is 4.09. The summed E-state index contributed by atoms with van der Waals surface area (Å²) in [6, 6.07) is 4.04. The lowest BCUT2D eigenvalue weighted by atomic mass is 9.89. The molecule has 1 aliphatic rings. The van der Waals surface area contributed by atoms with Crippen LogP contribution >= 0.6 is 11.6 Å². The van der Waals surface area contributed by atoms with Gasteiger partial charge < -0.3 is 14.8 Å². The summed E-state index contributed by atoms with van der Waals surface area (Å²) in [6.07, 6.45) is 3.54. The van der Waals surface area contributed by atoms with Crippen LogP contribution in [0.5, 0.6) is 5.75 Å². The topological polar surface area (TPSA) is 30.5 Å². The van der Waals surface area contributed by atoms with Crippen LogP contribution in [0.25, 0.3) is 0 Å². The Morgan fingerprint density at radius 1 is 1.21 bits per heavy atom. The minimum Gasteiger partial charge on any atom is -0.495 e. The van der Waals surface area contributed by atoms with E-state index in [1.807, 2.05) is 12.1 Å². The normalized spacial score (nSPS) is 16.6. The molecule has 1 saturated heterocycles. The van der Waals surface area contributed by atoms with Crippen LogP contribution in [0.1, 0.15) is 24.0 Å². The second kappa shape index (κ2) is 7.13. The minimum atomic E-state index is 0.605. The van der Waals surface area contributed by atoms with Gasteiger partial charge in [-0.1, -0.05) is 11.6 Å². The lowest BCUT2D eigenvalue weighted by molar-refractivity contribution is 0.183. The van der Waals surface area contributed by atoms with Crippen molar-refractivity contribution >= 4 is 11.6 Å². The van der Waals surface area contributed by atoms with E-state index in [0.717, 1.165) is 31.2 Å². The van der Waals surface area contributed by atoms with E-state index in [0.29, 0.717) is 11.6 Å². The van der Waals surface area contributed by atoms with Crippen LogP contribution in [0.4, 0.5) is 0 Å². The molecule has 1 heterocycles. The zero-order chi connectivity index (χ0) is 13.7. The van der Waals surface area contributed by atoms with Crippen LogP contribution < -0.4 is 10.1 Å². The van der Waals surface area contributed by atoms with Gasteiger partial charge in [-0.15, -0.1) is 0 Å². The Kier molecular flexibility index (Phi) is 5.49. The van der Waals surface area contributed by atoms with E-state index in [-0.39, 0.29) is 0 Å². The van der Waals surface area contributed by atoms with Crippen molar-refractivity contribution in [1.29, 1.82) is 0 Å². The fourth-order valence-corrected chi connectivity index (χ4v) is 2.93. The Bertz CT molecular complexity index is 417. The molecule has 2 rings (SSSR count). The SMILES string of the molecule is COCc1cc(OC)c(Cl)cc1CC1CCNCC1. The van der Waals surface area contributed by atoms with Gasteiger partial charge in [0, 0.05) is 7.11 Å². The van der Waals surface area contributed by atoms with Crippen LogP contribution in [0, 0.1) is 5.92 Å². The zero-order valence-corrected chi connectivity index (χ0v) is 12.4. The Morgan fingerprint density at radius 2 is 1.95 bits per heavy atom. The number of nitrogens with one attached hydrogen (secondary N) is 1. The zero-order valence-electron chi connectivity index (χ0n) is 11.7. The molecule has 0 saturated carbocycles. The van der Waals surface area contributed by atoms with E-state index < -0.39 is 0 Å². The van der Waals surface area contributed by atoms with Crippen molar-refractivity contribution in [3.05, 3.63) is 28.3 Å². The predicted molar refractivity (Wildman–Crippen MR) is 78.0 cm³/mol. The first-order chi connectivity index (χ1) is 9.24. The third-order valence-corrected chi connectivity index (χ3v) is 4.04. The van der Waals surface area contributed by atoms with Crippen LogP contribution in [-0.4, -0.2) is 27.3 Å². The average molecular weight is 284 g/mol. The van der Waals surface area contributed by atoms with Crippen LogP contribution in [0.2, 0.25) is 5.02 Å². The maximum absolute atomic E-state index is 6.24. The number of ether oxygens (including phenoxy) is 2. The highest BCUT2D eigenvalue weighted by molar-refractivity contribution is 6.32. The smallest absolute Gasteiger partial charge is 0.137 e. The van der Waals surface area contributed by atoms with Crippen molar-refractivity contribution in [1.82, 2.24) is 5.32 Å². The van der Waals surface area contributed by atoms with Gasteiger partial charge in [-0.05, 0) is 61.5 Å². The quantitative estimate of drug-likeness (QED) is 0.901. The molecule has 1 aromatic rings. The Balaban J connectivity index is 2.18. The van der Waals surface area contributed by atoms with Crippen molar-refractivity contribution in [2.75, 3.05) is 27.3 Å². The van der Waals surface area contributed by atoms with E-state index in [2.05, 4.69) is 5.32 Å². The standard InChI is InChI=1S/C15H22ClNO2/c1-18-10-13-9-15(19-2)14(16)8-12(13)7-11-3-5-17-6-4-11/h8-9,11,17H,3-7,10H2,1-2H3. The molecule has 4 heteroatoms. The summed E-state index contributed by atoms with van der Waals surface area (Å²) >= 11 is 6.24. The number of hydrogen-bond donors (Lipinski definition) is 1. The molecule has 1 fully saturated rings. The van der Waals surface area contributed by atoms with Gasteiger partial charge in [0.2, 0.25) is 0 Å². The van der Waals surface area contributed by atoms with Crippen LogP contribution in [0.3, 0.4) is 0 Å². The maximum atomic E-state index is 6.24.